The Labute approximate surface area is 69.9 Å². The summed E-state index contributed by atoms with van der Waals surface area (Å²) in [7, 11) is 0. The maximum atomic E-state index is 7.46. The van der Waals surface area contributed by atoms with E-state index in [-0.39, 0.29) is 0 Å². The van der Waals surface area contributed by atoms with E-state index in [4.69, 9.17) is 22.9 Å². The van der Waals surface area contributed by atoms with Gasteiger partial charge in [0.25, 0.3) is 0 Å². The standard InChI is InChI=1S/C7H10ClN3/c1-4-3-6(8)5(2)11(10)7(4)9/h3,9H,10H2,1-2H3. The van der Waals surface area contributed by atoms with Crippen LogP contribution in [0.3, 0.4) is 0 Å². The molecule has 0 unspecified atom stereocenters. The maximum Gasteiger partial charge on any atom is 0.146 e. The second kappa shape index (κ2) is 2.58. The van der Waals surface area contributed by atoms with Crippen LogP contribution < -0.4 is 11.3 Å². The summed E-state index contributed by atoms with van der Waals surface area (Å²) in [6, 6.07) is 1.74. The van der Waals surface area contributed by atoms with Gasteiger partial charge in [-0.3, -0.25) is 5.41 Å². The number of halogens is 1. The topological polar surface area (TPSA) is 54.8 Å². The Morgan fingerprint density at radius 1 is 1.55 bits per heavy atom. The van der Waals surface area contributed by atoms with Gasteiger partial charge in [0.1, 0.15) is 5.49 Å². The van der Waals surface area contributed by atoms with Crippen LogP contribution in [0.2, 0.25) is 5.02 Å². The highest BCUT2D eigenvalue weighted by Crippen LogP contribution is 2.11. The number of hydrogen-bond donors (Lipinski definition) is 2. The minimum atomic E-state index is 0.298. The summed E-state index contributed by atoms with van der Waals surface area (Å²) in [6.07, 6.45) is 0. The molecule has 0 aliphatic heterocycles. The summed E-state index contributed by atoms with van der Waals surface area (Å²) in [5.74, 6) is 5.53. The first-order chi connectivity index (χ1) is 5.04. The fraction of sp³-hybridized carbons (Fsp3) is 0.286. The quantitative estimate of drug-likeness (QED) is 0.562. The molecule has 0 spiro atoms. The molecule has 0 saturated carbocycles. The van der Waals surface area contributed by atoms with Crippen LogP contribution in [0.5, 0.6) is 0 Å². The van der Waals surface area contributed by atoms with Crippen LogP contribution >= 0.6 is 11.6 Å². The number of hydrogen-bond acceptors (Lipinski definition) is 2. The minimum absolute atomic E-state index is 0.298. The van der Waals surface area contributed by atoms with Gasteiger partial charge < -0.3 is 5.84 Å². The lowest BCUT2D eigenvalue weighted by Crippen LogP contribution is -2.30. The van der Waals surface area contributed by atoms with Crippen LogP contribution in [0.25, 0.3) is 0 Å². The van der Waals surface area contributed by atoms with Crippen molar-refractivity contribution in [3.8, 4) is 0 Å². The van der Waals surface area contributed by atoms with E-state index in [1.807, 2.05) is 0 Å². The monoisotopic (exact) mass is 171 g/mol. The Kier molecular flexibility index (Phi) is 1.91. The molecule has 0 aliphatic carbocycles. The zero-order valence-electron chi connectivity index (χ0n) is 6.48. The first kappa shape index (κ1) is 8.14. The predicted molar refractivity (Wildman–Crippen MR) is 44.9 cm³/mol. The van der Waals surface area contributed by atoms with Gasteiger partial charge in [-0.05, 0) is 25.5 Å². The number of aryl methyl sites for hydroxylation is 1. The molecular formula is C7H10ClN3. The molecule has 11 heavy (non-hydrogen) atoms. The van der Waals surface area contributed by atoms with Crippen molar-refractivity contribution in [2.45, 2.75) is 13.8 Å². The first-order valence-corrected chi connectivity index (χ1v) is 3.60. The van der Waals surface area contributed by atoms with Crippen molar-refractivity contribution in [3.05, 3.63) is 27.8 Å². The fourth-order valence-electron chi connectivity index (χ4n) is 0.836. The summed E-state index contributed by atoms with van der Waals surface area (Å²) in [4.78, 5) is 0. The second-order valence-corrected chi connectivity index (χ2v) is 2.89. The average molecular weight is 172 g/mol. The molecule has 1 aromatic rings. The van der Waals surface area contributed by atoms with Crippen molar-refractivity contribution in [1.82, 2.24) is 4.68 Å². The molecule has 0 saturated heterocycles. The van der Waals surface area contributed by atoms with Crippen LogP contribution in [-0.2, 0) is 0 Å². The molecule has 0 atom stereocenters. The molecule has 1 rings (SSSR count). The molecule has 0 amide bonds. The van der Waals surface area contributed by atoms with E-state index in [1.165, 1.54) is 4.68 Å². The molecule has 60 valence electrons. The van der Waals surface area contributed by atoms with E-state index in [0.29, 0.717) is 16.2 Å². The minimum Gasteiger partial charge on any atom is -0.337 e. The molecule has 4 heteroatoms. The van der Waals surface area contributed by atoms with Crippen molar-refractivity contribution in [2.24, 2.45) is 0 Å². The summed E-state index contributed by atoms with van der Waals surface area (Å²) in [5, 5.41) is 8.06. The maximum absolute atomic E-state index is 7.46. The molecule has 0 radical (unpaired) electrons. The van der Waals surface area contributed by atoms with Crippen molar-refractivity contribution >= 4 is 11.6 Å². The van der Waals surface area contributed by atoms with Gasteiger partial charge in [-0.15, -0.1) is 0 Å². The van der Waals surface area contributed by atoms with Crippen LogP contribution in [0.15, 0.2) is 6.07 Å². The van der Waals surface area contributed by atoms with E-state index in [9.17, 15) is 0 Å². The molecule has 0 aromatic carbocycles. The van der Waals surface area contributed by atoms with E-state index >= 15 is 0 Å². The van der Waals surface area contributed by atoms with Crippen LogP contribution in [0, 0.1) is 19.3 Å². The second-order valence-electron chi connectivity index (χ2n) is 2.48. The third-order valence-corrected chi connectivity index (χ3v) is 2.05. The predicted octanol–water partition coefficient (Wildman–Crippen LogP) is 0.952. The van der Waals surface area contributed by atoms with E-state index in [0.717, 1.165) is 5.56 Å². The molecule has 3 N–H and O–H groups in total. The van der Waals surface area contributed by atoms with Crippen LogP contribution in [0.4, 0.5) is 0 Å². The third kappa shape index (κ3) is 1.24. The number of aromatic nitrogens is 1. The van der Waals surface area contributed by atoms with Gasteiger partial charge in [-0.25, -0.2) is 4.68 Å². The lowest BCUT2D eigenvalue weighted by molar-refractivity contribution is 0.827. The van der Waals surface area contributed by atoms with Gasteiger partial charge in [0.2, 0.25) is 0 Å². The smallest absolute Gasteiger partial charge is 0.146 e. The van der Waals surface area contributed by atoms with Crippen LogP contribution in [-0.4, -0.2) is 4.68 Å². The molecular weight excluding hydrogens is 162 g/mol. The lowest BCUT2D eigenvalue weighted by atomic mass is 10.3. The average Bonchev–Trinajstić information content (AvgIpc) is 1.97. The largest absolute Gasteiger partial charge is 0.337 e. The molecule has 0 fully saturated rings. The Hall–Kier alpha value is -0.960. The Bertz CT molecular complexity index is 340. The summed E-state index contributed by atoms with van der Waals surface area (Å²) < 4.78 is 1.28. The number of pyridine rings is 1. The number of nitrogens with one attached hydrogen (secondary N) is 1. The van der Waals surface area contributed by atoms with E-state index < -0.39 is 0 Å². The highest BCUT2D eigenvalue weighted by molar-refractivity contribution is 6.31. The summed E-state index contributed by atoms with van der Waals surface area (Å²) in [6.45, 7) is 3.58. The van der Waals surface area contributed by atoms with Gasteiger partial charge in [0.15, 0.2) is 0 Å². The van der Waals surface area contributed by atoms with Gasteiger partial charge in [-0.2, -0.15) is 0 Å². The highest BCUT2D eigenvalue weighted by atomic mass is 35.5. The van der Waals surface area contributed by atoms with E-state index in [1.54, 1.807) is 19.9 Å². The Balaban J connectivity index is 3.59. The third-order valence-electron chi connectivity index (χ3n) is 1.66. The van der Waals surface area contributed by atoms with Crippen LogP contribution in [0.1, 0.15) is 11.3 Å². The number of nitrogens with two attached hydrogens (primary N) is 1. The van der Waals surface area contributed by atoms with Gasteiger partial charge in [0.05, 0.1) is 10.7 Å². The van der Waals surface area contributed by atoms with E-state index in [2.05, 4.69) is 0 Å². The molecule has 0 aliphatic rings. The lowest BCUT2D eigenvalue weighted by Gasteiger charge is -2.07. The Morgan fingerprint density at radius 2 is 2.09 bits per heavy atom. The zero-order valence-corrected chi connectivity index (χ0v) is 7.24. The molecule has 3 nitrogen and oxygen atoms in total. The molecule has 1 heterocycles. The van der Waals surface area contributed by atoms with Crippen molar-refractivity contribution in [3.63, 3.8) is 0 Å². The summed E-state index contributed by atoms with van der Waals surface area (Å²) >= 11 is 5.81. The number of nitrogens with zero attached hydrogens (tertiary/aromatic N) is 1. The Morgan fingerprint density at radius 3 is 2.64 bits per heavy atom. The SMILES string of the molecule is Cc1cc(Cl)c(C)n(N)c1=N. The fourth-order valence-corrected chi connectivity index (χ4v) is 1.09. The number of rotatable bonds is 0. The summed E-state index contributed by atoms with van der Waals surface area (Å²) in [5.41, 5.74) is 1.79. The van der Waals surface area contributed by atoms with Crippen molar-refractivity contribution < 1.29 is 0 Å². The molecule has 0 bridgehead atoms. The normalized spacial score (nSPS) is 10.1. The van der Waals surface area contributed by atoms with Gasteiger partial charge in [0, 0.05) is 0 Å². The molecule has 1 aromatic heterocycles. The van der Waals surface area contributed by atoms with Crippen molar-refractivity contribution in [2.75, 3.05) is 5.84 Å². The zero-order chi connectivity index (χ0) is 8.59. The highest BCUT2D eigenvalue weighted by Gasteiger charge is 2.01. The number of nitrogen functional groups attached to an aromatic ring is 1. The van der Waals surface area contributed by atoms with Gasteiger partial charge >= 0.3 is 0 Å². The first-order valence-electron chi connectivity index (χ1n) is 3.22. The van der Waals surface area contributed by atoms with Crippen molar-refractivity contribution in [1.29, 1.82) is 5.41 Å². The van der Waals surface area contributed by atoms with Gasteiger partial charge in [-0.1, -0.05) is 11.6 Å².